The van der Waals surface area contributed by atoms with Gasteiger partial charge in [-0.3, -0.25) is 14.4 Å². The standard InChI is InChI=1S/C22H29F2N3O3/c1-2-3-9-25-21(30)22(7-5-4-6-8-22)26-20(29)15-10-19(28)27(14-15)18-12-16(23)11-17(24)13-18/h11-13,15H,2-10,14H2,1H3,(H,25,30)(H,26,29). The van der Waals surface area contributed by atoms with Crippen molar-refractivity contribution in [2.45, 2.75) is 63.8 Å². The van der Waals surface area contributed by atoms with Crippen LogP contribution < -0.4 is 15.5 Å². The molecule has 2 aliphatic rings. The maximum atomic E-state index is 13.5. The number of carbonyl (C=O) groups excluding carboxylic acids is 3. The Morgan fingerprint density at radius 2 is 1.80 bits per heavy atom. The molecular weight excluding hydrogens is 392 g/mol. The third kappa shape index (κ3) is 4.96. The summed E-state index contributed by atoms with van der Waals surface area (Å²) in [5, 5.41) is 5.87. The van der Waals surface area contributed by atoms with Gasteiger partial charge in [0.2, 0.25) is 17.7 Å². The second kappa shape index (κ2) is 9.53. The topological polar surface area (TPSA) is 78.5 Å². The maximum Gasteiger partial charge on any atom is 0.245 e. The van der Waals surface area contributed by atoms with E-state index in [-0.39, 0.29) is 36.4 Å². The van der Waals surface area contributed by atoms with Crippen molar-refractivity contribution in [3.8, 4) is 0 Å². The van der Waals surface area contributed by atoms with Crippen LogP contribution in [0, 0.1) is 17.6 Å². The molecule has 1 aromatic rings. The van der Waals surface area contributed by atoms with Gasteiger partial charge in [0.25, 0.3) is 0 Å². The van der Waals surface area contributed by atoms with Crippen molar-refractivity contribution in [3.63, 3.8) is 0 Å². The number of rotatable bonds is 7. The Labute approximate surface area is 175 Å². The minimum Gasteiger partial charge on any atom is -0.354 e. The zero-order chi connectivity index (χ0) is 21.7. The maximum absolute atomic E-state index is 13.5. The fourth-order valence-corrected chi connectivity index (χ4v) is 4.28. The zero-order valence-corrected chi connectivity index (χ0v) is 17.3. The number of hydrogen-bond acceptors (Lipinski definition) is 3. The molecule has 3 rings (SSSR count). The molecule has 1 atom stereocenters. The molecular formula is C22H29F2N3O3. The average Bonchev–Trinajstić information content (AvgIpc) is 3.10. The van der Waals surface area contributed by atoms with Crippen molar-refractivity contribution in [2.24, 2.45) is 5.92 Å². The van der Waals surface area contributed by atoms with E-state index in [0.29, 0.717) is 19.4 Å². The highest BCUT2D eigenvalue weighted by molar-refractivity contribution is 6.01. The van der Waals surface area contributed by atoms with Crippen molar-refractivity contribution < 1.29 is 23.2 Å². The quantitative estimate of drug-likeness (QED) is 0.665. The van der Waals surface area contributed by atoms with E-state index in [1.54, 1.807) is 0 Å². The smallest absolute Gasteiger partial charge is 0.245 e. The van der Waals surface area contributed by atoms with E-state index < -0.39 is 23.1 Å². The van der Waals surface area contributed by atoms with Crippen LogP contribution in [0.4, 0.5) is 14.5 Å². The van der Waals surface area contributed by atoms with Crippen LogP contribution in [0.15, 0.2) is 18.2 Å². The molecule has 3 amide bonds. The van der Waals surface area contributed by atoms with Gasteiger partial charge in [-0.2, -0.15) is 0 Å². The third-order valence-electron chi connectivity index (χ3n) is 5.97. The van der Waals surface area contributed by atoms with Gasteiger partial charge in [0.05, 0.1) is 5.92 Å². The van der Waals surface area contributed by atoms with Gasteiger partial charge in [-0.05, 0) is 31.4 Å². The van der Waals surface area contributed by atoms with Gasteiger partial charge in [-0.1, -0.05) is 32.6 Å². The van der Waals surface area contributed by atoms with Crippen LogP contribution in [-0.2, 0) is 14.4 Å². The molecule has 0 bridgehead atoms. The average molecular weight is 421 g/mol. The Hall–Kier alpha value is -2.51. The fraction of sp³-hybridized carbons (Fsp3) is 0.591. The predicted molar refractivity (Wildman–Crippen MR) is 109 cm³/mol. The predicted octanol–water partition coefficient (Wildman–Crippen LogP) is 3.05. The van der Waals surface area contributed by atoms with E-state index in [4.69, 9.17) is 0 Å². The summed E-state index contributed by atoms with van der Waals surface area (Å²) in [6.45, 7) is 2.63. The van der Waals surface area contributed by atoms with Crippen LogP contribution in [0.1, 0.15) is 58.3 Å². The largest absolute Gasteiger partial charge is 0.354 e. The van der Waals surface area contributed by atoms with Gasteiger partial charge < -0.3 is 15.5 Å². The molecule has 1 heterocycles. The summed E-state index contributed by atoms with van der Waals surface area (Å²) < 4.78 is 27.1. The molecule has 1 unspecified atom stereocenters. The van der Waals surface area contributed by atoms with Crippen molar-refractivity contribution in [3.05, 3.63) is 29.8 Å². The van der Waals surface area contributed by atoms with Crippen molar-refractivity contribution in [1.29, 1.82) is 0 Å². The molecule has 6 nitrogen and oxygen atoms in total. The van der Waals surface area contributed by atoms with Crippen LogP contribution >= 0.6 is 0 Å². The van der Waals surface area contributed by atoms with E-state index in [0.717, 1.165) is 50.3 Å². The van der Waals surface area contributed by atoms with Crippen LogP contribution in [0.25, 0.3) is 0 Å². The van der Waals surface area contributed by atoms with Crippen molar-refractivity contribution in [1.82, 2.24) is 10.6 Å². The number of hydrogen-bond donors (Lipinski definition) is 2. The number of carbonyl (C=O) groups is 3. The molecule has 0 radical (unpaired) electrons. The lowest BCUT2D eigenvalue weighted by molar-refractivity contribution is -0.136. The first-order chi connectivity index (χ1) is 14.3. The number of benzene rings is 1. The molecule has 2 fully saturated rings. The van der Waals surface area contributed by atoms with Gasteiger partial charge in [-0.15, -0.1) is 0 Å². The van der Waals surface area contributed by atoms with Crippen molar-refractivity contribution in [2.75, 3.05) is 18.0 Å². The number of unbranched alkanes of at least 4 members (excludes halogenated alkanes) is 1. The highest BCUT2D eigenvalue weighted by Gasteiger charge is 2.44. The summed E-state index contributed by atoms with van der Waals surface area (Å²) in [4.78, 5) is 39.5. The Bertz CT molecular complexity index is 789. The van der Waals surface area contributed by atoms with Gasteiger partial charge in [0.15, 0.2) is 0 Å². The van der Waals surface area contributed by atoms with E-state index in [1.807, 2.05) is 6.92 Å². The molecule has 0 aromatic heterocycles. The fourth-order valence-electron chi connectivity index (χ4n) is 4.28. The van der Waals surface area contributed by atoms with Crippen LogP contribution in [0.3, 0.4) is 0 Å². The van der Waals surface area contributed by atoms with E-state index in [1.165, 1.54) is 4.90 Å². The first-order valence-corrected chi connectivity index (χ1v) is 10.7. The molecule has 1 aliphatic heterocycles. The molecule has 1 aromatic carbocycles. The van der Waals surface area contributed by atoms with Gasteiger partial charge in [0.1, 0.15) is 17.2 Å². The Morgan fingerprint density at radius 3 is 2.43 bits per heavy atom. The SMILES string of the molecule is CCCCNC(=O)C1(NC(=O)C2CC(=O)N(c3cc(F)cc(F)c3)C2)CCCCC1. The minimum absolute atomic E-state index is 0.0289. The Morgan fingerprint density at radius 1 is 1.13 bits per heavy atom. The molecule has 1 saturated heterocycles. The highest BCUT2D eigenvalue weighted by atomic mass is 19.1. The van der Waals surface area contributed by atoms with Gasteiger partial charge in [0, 0.05) is 31.3 Å². The summed E-state index contributed by atoms with van der Waals surface area (Å²) in [6.07, 6.45) is 5.61. The molecule has 2 N–H and O–H groups in total. The summed E-state index contributed by atoms with van der Waals surface area (Å²) in [5.74, 6) is -3.14. The van der Waals surface area contributed by atoms with E-state index in [9.17, 15) is 23.2 Å². The number of amides is 3. The second-order valence-corrected chi connectivity index (χ2v) is 8.27. The highest BCUT2D eigenvalue weighted by Crippen LogP contribution is 2.31. The summed E-state index contributed by atoms with van der Waals surface area (Å²) >= 11 is 0. The zero-order valence-electron chi connectivity index (χ0n) is 17.3. The lowest BCUT2D eigenvalue weighted by Gasteiger charge is -2.37. The first-order valence-electron chi connectivity index (χ1n) is 10.7. The van der Waals surface area contributed by atoms with Crippen LogP contribution in [-0.4, -0.2) is 36.3 Å². The minimum atomic E-state index is -0.954. The summed E-state index contributed by atoms with van der Waals surface area (Å²) in [7, 11) is 0. The van der Waals surface area contributed by atoms with E-state index >= 15 is 0 Å². The third-order valence-corrected chi connectivity index (χ3v) is 5.97. The summed E-state index contributed by atoms with van der Waals surface area (Å²) in [6, 6.07) is 2.88. The second-order valence-electron chi connectivity index (χ2n) is 8.27. The van der Waals surface area contributed by atoms with Crippen molar-refractivity contribution >= 4 is 23.4 Å². The molecule has 1 aliphatic carbocycles. The van der Waals surface area contributed by atoms with Gasteiger partial charge >= 0.3 is 0 Å². The first kappa shape index (κ1) is 22.2. The Kier molecular flexibility index (Phi) is 7.05. The number of halogens is 2. The lowest BCUT2D eigenvalue weighted by atomic mass is 9.80. The molecule has 8 heteroatoms. The number of nitrogens with zero attached hydrogens (tertiary/aromatic N) is 1. The van der Waals surface area contributed by atoms with Gasteiger partial charge in [-0.25, -0.2) is 8.78 Å². The van der Waals surface area contributed by atoms with Crippen LogP contribution in [0.2, 0.25) is 0 Å². The lowest BCUT2D eigenvalue weighted by Crippen LogP contribution is -2.61. The monoisotopic (exact) mass is 421 g/mol. The van der Waals surface area contributed by atoms with Crippen LogP contribution in [0.5, 0.6) is 0 Å². The molecule has 30 heavy (non-hydrogen) atoms. The Balaban J connectivity index is 1.70. The van der Waals surface area contributed by atoms with E-state index in [2.05, 4.69) is 10.6 Å². The number of anilines is 1. The molecule has 0 spiro atoms. The summed E-state index contributed by atoms with van der Waals surface area (Å²) in [5.41, 5.74) is -0.859. The normalized spacial score (nSPS) is 20.8. The molecule has 1 saturated carbocycles. The molecule has 164 valence electrons. The number of nitrogens with one attached hydrogen (secondary N) is 2.